The van der Waals surface area contributed by atoms with Crippen LogP contribution in [-0.2, 0) is 4.79 Å². The molecule has 5 nitrogen and oxygen atoms in total. The lowest BCUT2D eigenvalue weighted by molar-refractivity contribution is -0.113. The van der Waals surface area contributed by atoms with Crippen LogP contribution in [0.25, 0.3) is 6.08 Å². The van der Waals surface area contributed by atoms with Crippen LogP contribution in [0.3, 0.4) is 0 Å². The van der Waals surface area contributed by atoms with E-state index in [9.17, 15) is 18.4 Å². The number of urea groups is 1. The van der Waals surface area contributed by atoms with E-state index in [2.05, 4.69) is 10.3 Å². The van der Waals surface area contributed by atoms with Crippen LogP contribution in [0.2, 0.25) is 0 Å². The first-order chi connectivity index (χ1) is 10.6. The second-order valence-corrected chi connectivity index (χ2v) is 4.51. The predicted octanol–water partition coefficient (Wildman–Crippen LogP) is 2.46. The average molecular weight is 301 g/mol. The van der Waals surface area contributed by atoms with E-state index in [0.717, 1.165) is 23.1 Å². The molecular formula is C15H9F2N3O2. The number of nitrogens with zero attached hydrogens (tertiary/aromatic N) is 2. The number of hydrogen-bond acceptors (Lipinski definition) is 3. The van der Waals surface area contributed by atoms with Gasteiger partial charge in [-0.15, -0.1) is 0 Å². The second kappa shape index (κ2) is 5.36. The van der Waals surface area contributed by atoms with Crippen molar-refractivity contribution in [3.63, 3.8) is 0 Å². The molecule has 0 aliphatic carbocycles. The van der Waals surface area contributed by atoms with Gasteiger partial charge in [-0.05, 0) is 35.9 Å². The SMILES string of the molecule is O=C1N/C(=C/c2ccncc2)C(=O)N1c1ccc(F)c(F)c1. The van der Waals surface area contributed by atoms with Gasteiger partial charge in [0.2, 0.25) is 0 Å². The van der Waals surface area contributed by atoms with Crippen molar-refractivity contribution in [3.05, 3.63) is 65.6 Å². The fourth-order valence-electron chi connectivity index (χ4n) is 2.02. The quantitative estimate of drug-likeness (QED) is 0.684. The van der Waals surface area contributed by atoms with E-state index in [1.54, 1.807) is 24.5 Å². The number of aromatic nitrogens is 1. The smallest absolute Gasteiger partial charge is 0.302 e. The van der Waals surface area contributed by atoms with Gasteiger partial charge in [0.1, 0.15) is 5.70 Å². The minimum Gasteiger partial charge on any atom is -0.302 e. The molecule has 1 aliphatic rings. The zero-order chi connectivity index (χ0) is 15.7. The Labute approximate surface area is 123 Å². The van der Waals surface area contributed by atoms with Gasteiger partial charge in [0.25, 0.3) is 5.91 Å². The Kier molecular flexibility index (Phi) is 3.38. The van der Waals surface area contributed by atoms with E-state index < -0.39 is 23.6 Å². The van der Waals surface area contributed by atoms with Crippen molar-refractivity contribution in [3.8, 4) is 0 Å². The highest BCUT2D eigenvalue weighted by molar-refractivity contribution is 6.28. The third-order valence-corrected chi connectivity index (χ3v) is 3.06. The number of nitrogens with one attached hydrogen (secondary N) is 1. The molecule has 1 aliphatic heterocycles. The lowest BCUT2D eigenvalue weighted by Gasteiger charge is -2.11. The van der Waals surface area contributed by atoms with Crippen molar-refractivity contribution < 1.29 is 18.4 Å². The molecule has 1 aromatic heterocycles. The Balaban J connectivity index is 1.95. The monoisotopic (exact) mass is 301 g/mol. The topological polar surface area (TPSA) is 62.3 Å². The van der Waals surface area contributed by atoms with Gasteiger partial charge in [-0.25, -0.2) is 18.5 Å². The van der Waals surface area contributed by atoms with Crippen LogP contribution in [0.1, 0.15) is 5.56 Å². The Morgan fingerprint density at radius 3 is 2.45 bits per heavy atom. The molecule has 2 aromatic rings. The van der Waals surface area contributed by atoms with Crippen LogP contribution in [0.15, 0.2) is 48.4 Å². The first-order valence-electron chi connectivity index (χ1n) is 6.28. The number of amides is 3. The molecule has 0 unspecified atom stereocenters. The number of benzene rings is 1. The van der Waals surface area contributed by atoms with Crippen LogP contribution in [0.5, 0.6) is 0 Å². The summed E-state index contributed by atoms with van der Waals surface area (Å²) in [6.45, 7) is 0. The van der Waals surface area contributed by atoms with Crippen LogP contribution in [-0.4, -0.2) is 16.9 Å². The summed E-state index contributed by atoms with van der Waals surface area (Å²) in [5, 5.41) is 2.40. The van der Waals surface area contributed by atoms with Gasteiger partial charge in [-0.1, -0.05) is 0 Å². The van der Waals surface area contributed by atoms with Gasteiger partial charge in [-0.3, -0.25) is 9.78 Å². The lowest BCUT2D eigenvalue weighted by atomic mass is 10.2. The molecule has 3 amide bonds. The summed E-state index contributed by atoms with van der Waals surface area (Å²) in [6, 6.07) is 5.40. The Hall–Kier alpha value is -3.09. The molecule has 110 valence electrons. The molecule has 2 heterocycles. The summed E-state index contributed by atoms with van der Waals surface area (Å²) >= 11 is 0. The summed E-state index contributed by atoms with van der Waals surface area (Å²) in [4.78, 5) is 28.8. The standard InChI is InChI=1S/C15H9F2N3O2/c16-11-2-1-10(8-12(11)17)20-14(21)13(19-15(20)22)7-9-3-5-18-6-4-9/h1-8H,(H,19,22)/b13-7+. The molecule has 1 fully saturated rings. The van der Waals surface area contributed by atoms with Crippen molar-refractivity contribution in [1.82, 2.24) is 10.3 Å². The summed E-state index contributed by atoms with van der Waals surface area (Å²) in [7, 11) is 0. The van der Waals surface area contributed by atoms with E-state index in [0.29, 0.717) is 5.56 Å². The van der Waals surface area contributed by atoms with Crippen molar-refractivity contribution in [1.29, 1.82) is 0 Å². The molecule has 1 N–H and O–H groups in total. The molecule has 3 rings (SSSR count). The van der Waals surface area contributed by atoms with Gasteiger partial charge in [0, 0.05) is 18.5 Å². The molecule has 22 heavy (non-hydrogen) atoms. The van der Waals surface area contributed by atoms with Crippen molar-refractivity contribution in [2.24, 2.45) is 0 Å². The largest absolute Gasteiger partial charge is 0.333 e. The van der Waals surface area contributed by atoms with Crippen LogP contribution < -0.4 is 10.2 Å². The lowest BCUT2D eigenvalue weighted by Crippen LogP contribution is -2.30. The predicted molar refractivity (Wildman–Crippen MR) is 74.6 cm³/mol. The van der Waals surface area contributed by atoms with Gasteiger partial charge < -0.3 is 5.32 Å². The zero-order valence-corrected chi connectivity index (χ0v) is 11.1. The van der Waals surface area contributed by atoms with Gasteiger partial charge in [-0.2, -0.15) is 0 Å². The molecule has 0 saturated carbocycles. The molecule has 1 aromatic carbocycles. The van der Waals surface area contributed by atoms with Gasteiger partial charge >= 0.3 is 6.03 Å². The number of hydrogen-bond donors (Lipinski definition) is 1. The molecule has 0 bridgehead atoms. The Bertz CT molecular complexity index is 791. The number of carbonyl (C=O) groups excluding carboxylic acids is 2. The Morgan fingerprint density at radius 1 is 1.05 bits per heavy atom. The normalized spacial score (nSPS) is 16.3. The maximum absolute atomic E-state index is 13.3. The van der Waals surface area contributed by atoms with E-state index in [4.69, 9.17) is 0 Å². The number of imide groups is 1. The number of rotatable bonds is 2. The summed E-state index contributed by atoms with van der Waals surface area (Å²) in [5.41, 5.74) is 0.672. The molecule has 0 atom stereocenters. The third kappa shape index (κ3) is 2.44. The minimum absolute atomic E-state index is 0.0421. The molecule has 0 radical (unpaired) electrons. The summed E-state index contributed by atoms with van der Waals surface area (Å²) < 4.78 is 26.2. The third-order valence-electron chi connectivity index (χ3n) is 3.06. The second-order valence-electron chi connectivity index (χ2n) is 4.51. The van der Waals surface area contributed by atoms with Crippen molar-refractivity contribution >= 4 is 23.7 Å². The van der Waals surface area contributed by atoms with E-state index >= 15 is 0 Å². The highest BCUT2D eigenvalue weighted by atomic mass is 19.2. The molecule has 0 spiro atoms. The molecule has 7 heteroatoms. The highest BCUT2D eigenvalue weighted by Gasteiger charge is 2.35. The van der Waals surface area contributed by atoms with Crippen molar-refractivity contribution in [2.45, 2.75) is 0 Å². The van der Waals surface area contributed by atoms with E-state index in [1.165, 1.54) is 6.08 Å². The first-order valence-corrected chi connectivity index (χ1v) is 6.28. The number of pyridine rings is 1. The Morgan fingerprint density at radius 2 is 1.77 bits per heavy atom. The maximum atomic E-state index is 13.3. The van der Waals surface area contributed by atoms with E-state index in [1.807, 2.05) is 0 Å². The first kappa shape index (κ1) is 13.9. The average Bonchev–Trinajstić information content (AvgIpc) is 2.78. The minimum atomic E-state index is -1.13. The fourth-order valence-corrected chi connectivity index (χ4v) is 2.02. The van der Waals surface area contributed by atoms with Crippen LogP contribution in [0.4, 0.5) is 19.3 Å². The maximum Gasteiger partial charge on any atom is 0.333 e. The number of anilines is 1. The molecular weight excluding hydrogens is 292 g/mol. The highest BCUT2D eigenvalue weighted by Crippen LogP contribution is 2.23. The van der Waals surface area contributed by atoms with Gasteiger partial charge in [0.05, 0.1) is 5.69 Å². The number of halogens is 2. The van der Waals surface area contributed by atoms with Crippen LogP contribution >= 0.6 is 0 Å². The summed E-state index contributed by atoms with van der Waals surface area (Å²) in [5.74, 6) is -2.83. The van der Waals surface area contributed by atoms with Crippen LogP contribution in [0, 0.1) is 11.6 Å². The zero-order valence-electron chi connectivity index (χ0n) is 11.1. The molecule has 1 saturated heterocycles. The number of carbonyl (C=O) groups is 2. The van der Waals surface area contributed by atoms with Crippen molar-refractivity contribution in [2.75, 3.05) is 4.90 Å². The van der Waals surface area contributed by atoms with E-state index in [-0.39, 0.29) is 11.4 Å². The summed E-state index contributed by atoms with van der Waals surface area (Å²) in [6.07, 6.45) is 4.56. The van der Waals surface area contributed by atoms with Gasteiger partial charge in [0.15, 0.2) is 11.6 Å². The fraction of sp³-hybridized carbons (Fsp3) is 0.